The van der Waals surface area contributed by atoms with E-state index in [1.807, 2.05) is 54.1 Å². The van der Waals surface area contributed by atoms with Crippen molar-refractivity contribution in [2.75, 3.05) is 12.9 Å². The molecule has 3 rings (SSSR count). The number of thioether (sulfide) groups is 1. The van der Waals surface area contributed by atoms with E-state index in [0.29, 0.717) is 10.9 Å². The Morgan fingerprint density at radius 2 is 1.93 bits per heavy atom. The zero-order chi connectivity index (χ0) is 20.8. The predicted octanol–water partition coefficient (Wildman–Crippen LogP) is 4.26. The Morgan fingerprint density at radius 3 is 2.66 bits per heavy atom. The molecule has 0 atom stereocenters. The number of ether oxygens (including phenoxy) is 1. The Morgan fingerprint density at radius 1 is 1.21 bits per heavy atom. The minimum atomic E-state index is -0.242. The van der Waals surface area contributed by atoms with Crippen molar-refractivity contribution in [1.82, 2.24) is 20.2 Å². The van der Waals surface area contributed by atoms with E-state index in [-0.39, 0.29) is 11.7 Å². The Bertz CT molecular complexity index is 1040. The molecule has 1 heterocycles. The van der Waals surface area contributed by atoms with Gasteiger partial charge in [0.1, 0.15) is 5.75 Å². The summed E-state index contributed by atoms with van der Waals surface area (Å²) < 4.78 is 9.02. The minimum Gasteiger partial charge on any atom is -0.496 e. The van der Waals surface area contributed by atoms with Crippen LogP contribution in [0.3, 0.4) is 0 Å². The van der Waals surface area contributed by atoms with Crippen molar-refractivity contribution >= 4 is 55.7 Å². The molecule has 0 unspecified atom stereocenters. The third kappa shape index (κ3) is 5.68. The van der Waals surface area contributed by atoms with Crippen LogP contribution in [-0.2, 0) is 11.8 Å². The first-order valence-corrected chi connectivity index (χ1v) is 11.0. The second-order valence-corrected chi connectivity index (χ2v) is 8.61. The van der Waals surface area contributed by atoms with Gasteiger partial charge in [0, 0.05) is 27.1 Å². The SMILES string of the molecule is COc1ccc(Br)cc1C=NNC(=O)CSc1nnc(-c2ccc(Br)cc2)n1C. The van der Waals surface area contributed by atoms with Gasteiger partial charge in [0.15, 0.2) is 11.0 Å². The maximum absolute atomic E-state index is 12.1. The second kappa shape index (κ2) is 10.0. The van der Waals surface area contributed by atoms with Crippen molar-refractivity contribution in [2.24, 2.45) is 12.1 Å². The quantitative estimate of drug-likeness (QED) is 0.276. The number of benzene rings is 2. The number of amides is 1. The molecule has 1 amide bonds. The summed E-state index contributed by atoms with van der Waals surface area (Å²) in [5.41, 5.74) is 4.22. The van der Waals surface area contributed by atoms with Gasteiger partial charge in [-0.3, -0.25) is 4.79 Å². The van der Waals surface area contributed by atoms with Crippen LogP contribution in [0.15, 0.2) is 61.7 Å². The van der Waals surface area contributed by atoms with Crippen LogP contribution < -0.4 is 10.2 Å². The van der Waals surface area contributed by atoms with Crippen molar-refractivity contribution in [3.05, 3.63) is 57.0 Å². The highest BCUT2D eigenvalue weighted by molar-refractivity contribution is 9.10. The van der Waals surface area contributed by atoms with Gasteiger partial charge in [-0.2, -0.15) is 5.10 Å². The molecule has 0 aliphatic carbocycles. The summed E-state index contributed by atoms with van der Waals surface area (Å²) in [6.07, 6.45) is 1.54. The monoisotopic (exact) mass is 537 g/mol. The number of hydrogen-bond acceptors (Lipinski definition) is 6. The molecule has 150 valence electrons. The van der Waals surface area contributed by atoms with Crippen LogP contribution in [0.5, 0.6) is 5.75 Å². The standard InChI is InChI=1S/C19H17Br2N5O2S/c1-26-18(12-3-5-14(20)6-4-12)24-25-19(26)29-11-17(27)23-22-10-13-9-15(21)7-8-16(13)28-2/h3-10H,11H2,1-2H3,(H,23,27). The zero-order valence-corrected chi connectivity index (χ0v) is 19.6. The lowest BCUT2D eigenvalue weighted by Gasteiger charge is -2.05. The molecule has 0 aliphatic heterocycles. The van der Waals surface area contributed by atoms with Crippen LogP contribution in [0.2, 0.25) is 0 Å². The normalized spacial score (nSPS) is 11.0. The van der Waals surface area contributed by atoms with E-state index in [2.05, 4.69) is 52.6 Å². The van der Waals surface area contributed by atoms with Gasteiger partial charge in [-0.05, 0) is 30.3 Å². The van der Waals surface area contributed by atoms with Gasteiger partial charge in [-0.1, -0.05) is 55.8 Å². The molecule has 1 N–H and O–H groups in total. The molecule has 0 saturated carbocycles. The van der Waals surface area contributed by atoms with Gasteiger partial charge in [-0.15, -0.1) is 10.2 Å². The summed E-state index contributed by atoms with van der Waals surface area (Å²) in [7, 11) is 3.45. The third-order valence-corrected chi connectivity index (χ3v) is 5.90. The average Bonchev–Trinajstić information content (AvgIpc) is 3.07. The van der Waals surface area contributed by atoms with Gasteiger partial charge in [0.25, 0.3) is 5.91 Å². The number of rotatable bonds is 7. The number of nitrogens with one attached hydrogen (secondary N) is 1. The number of nitrogens with zero attached hydrogens (tertiary/aromatic N) is 4. The van der Waals surface area contributed by atoms with Crippen LogP contribution in [-0.4, -0.2) is 39.7 Å². The highest BCUT2D eigenvalue weighted by Crippen LogP contribution is 2.24. The number of hydrazone groups is 1. The fourth-order valence-corrected chi connectivity index (χ4v) is 3.78. The van der Waals surface area contributed by atoms with Gasteiger partial charge < -0.3 is 9.30 Å². The van der Waals surface area contributed by atoms with Crippen molar-refractivity contribution < 1.29 is 9.53 Å². The highest BCUT2D eigenvalue weighted by atomic mass is 79.9. The van der Waals surface area contributed by atoms with Crippen LogP contribution in [0.1, 0.15) is 5.56 Å². The summed E-state index contributed by atoms with van der Waals surface area (Å²) >= 11 is 8.11. The van der Waals surface area contributed by atoms with E-state index in [1.165, 1.54) is 11.8 Å². The van der Waals surface area contributed by atoms with E-state index in [1.54, 1.807) is 13.3 Å². The largest absolute Gasteiger partial charge is 0.496 e. The zero-order valence-electron chi connectivity index (χ0n) is 15.6. The van der Waals surface area contributed by atoms with Crippen molar-refractivity contribution in [3.63, 3.8) is 0 Å². The predicted molar refractivity (Wildman–Crippen MR) is 121 cm³/mol. The Hall–Kier alpha value is -2.17. The minimum absolute atomic E-state index is 0.166. The van der Waals surface area contributed by atoms with Gasteiger partial charge in [0.05, 0.1) is 19.1 Å². The van der Waals surface area contributed by atoms with E-state index < -0.39 is 0 Å². The van der Waals surface area contributed by atoms with Crippen molar-refractivity contribution in [3.8, 4) is 17.1 Å². The van der Waals surface area contributed by atoms with Gasteiger partial charge >= 0.3 is 0 Å². The summed E-state index contributed by atoms with van der Waals surface area (Å²) in [5.74, 6) is 1.33. The molecule has 0 bridgehead atoms. The van der Waals surface area contributed by atoms with E-state index in [0.717, 1.165) is 25.9 Å². The molecule has 0 saturated heterocycles. The molecule has 0 aliphatic rings. The topological polar surface area (TPSA) is 81.4 Å². The number of hydrogen-bond donors (Lipinski definition) is 1. The van der Waals surface area contributed by atoms with Crippen LogP contribution in [0.25, 0.3) is 11.4 Å². The Labute approximate surface area is 189 Å². The molecular weight excluding hydrogens is 522 g/mol. The lowest BCUT2D eigenvalue weighted by atomic mass is 10.2. The molecule has 29 heavy (non-hydrogen) atoms. The first-order valence-electron chi connectivity index (χ1n) is 8.41. The third-order valence-electron chi connectivity index (χ3n) is 3.85. The molecule has 3 aromatic rings. The lowest BCUT2D eigenvalue weighted by molar-refractivity contribution is -0.118. The smallest absolute Gasteiger partial charge is 0.250 e. The molecular formula is C19H17Br2N5O2S. The number of halogens is 2. The second-order valence-electron chi connectivity index (χ2n) is 5.84. The molecule has 10 heteroatoms. The highest BCUT2D eigenvalue weighted by Gasteiger charge is 2.12. The first-order chi connectivity index (χ1) is 14.0. The van der Waals surface area contributed by atoms with Crippen LogP contribution in [0.4, 0.5) is 0 Å². The summed E-state index contributed by atoms with van der Waals surface area (Å²) in [5, 5.41) is 13.0. The lowest BCUT2D eigenvalue weighted by Crippen LogP contribution is -2.20. The molecule has 0 spiro atoms. The first kappa shape index (κ1) is 21.5. The molecule has 1 aromatic heterocycles. The number of aromatic nitrogens is 3. The summed E-state index contributed by atoms with van der Waals surface area (Å²) in [6, 6.07) is 13.4. The number of carbonyl (C=O) groups excluding carboxylic acids is 1. The van der Waals surface area contributed by atoms with E-state index >= 15 is 0 Å². The van der Waals surface area contributed by atoms with Crippen LogP contribution >= 0.6 is 43.6 Å². The molecule has 7 nitrogen and oxygen atoms in total. The maximum Gasteiger partial charge on any atom is 0.250 e. The number of methoxy groups -OCH3 is 1. The van der Waals surface area contributed by atoms with E-state index in [9.17, 15) is 4.79 Å². The Balaban J connectivity index is 1.57. The summed E-state index contributed by atoms with van der Waals surface area (Å²) in [4.78, 5) is 12.1. The van der Waals surface area contributed by atoms with Crippen molar-refractivity contribution in [1.29, 1.82) is 0 Å². The summed E-state index contributed by atoms with van der Waals surface area (Å²) in [6.45, 7) is 0. The maximum atomic E-state index is 12.1. The Kier molecular flexibility index (Phi) is 7.45. The van der Waals surface area contributed by atoms with E-state index in [4.69, 9.17) is 4.74 Å². The molecule has 0 fully saturated rings. The van der Waals surface area contributed by atoms with Gasteiger partial charge in [-0.25, -0.2) is 5.43 Å². The molecule has 0 radical (unpaired) electrons. The number of carbonyl (C=O) groups is 1. The van der Waals surface area contributed by atoms with Gasteiger partial charge in [0.2, 0.25) is 0 Å². The fraction of sp³-hybridized carbons (Fsp3) is 0.158. The molecule has 2 aromatic carbocycles. The van der Waals surface area contributed by atoms with Crippen molar-refractivity contribution in [2.45, 2.75) is 5.16 Å². The fourth-order valence-electron chi connectivity index (χ4n) is 2.43. The average molecular weight is 539 g/mol. The van der Waals surface area contributed by atoms with Crippen LogP contribution in [0, 0.1) is 0 Å².